The van der Waals surface area contributed by atoms with Crippen molar-refractivity contribution >= 4 is 66.2 Å². The zero-order valence-corrected chi connectivity index (χ0v) is 19.8. The molecule has 4 rings (SSSR count). The van der Waals surface area contributed by atoms with Crippen LogP contribution in [0, 0.1) is 0 Å². The summed E-state index contributed by atoms with van der Waals surface area (Å²) in [6.07, 6.45) is 1.55. The second kappa shape index (κ2) is 8.26. The largest absolute Gasteiger partial charge is 0.337 e. The Balaban J connectivity index is 1.75. The number of carbonyl (C=O) groups excluding carboxylic acids is 1. The van der Waals surface area contributed by atoms with Gasteiger partial charge in [0.15, 0.2) is 5.17 Å². The number of hydrogen-bond donors (Lipinski definition) is 0. The minimum Gasteiger partial charge on any atom is -0.337 e. The number of amides is 1. The van der Waals surface area contributed by atoms with Crippen LogP contribution in [0.2, 0.25) is 0 Å². The summed E-state index contributed by atoms with van der Waals surface area (Å²) in [7, 11) is -2.08. The molecule has 0 bridgehead atoms. The number of rotatable bonds is 4. The topological polar surface area (TPSA) is 70.1 Å². The number of sulfonamides is 1. The quantitative estimate of drug-likeness (QED) is 0.430. The molecule has 154 valence electrons. The van der Waals surface area contributed by atoms with E-state index >= 15 is 0 Å². The minimum absolute atomic E-state index is 0.0608. The highest BCUT2D eigenvalue weighted by Crippen LogP contribution is 2.49. The number of benzene rings is 2. The van der Waals surface area contributed by atoms with Gasteiger partial charge in [0, 0.05) is 23.0 Å². The molecular weight excluding hydrogens is 506 g/mol. The first-order valence-electron chi connectivity index (χ1n) is 8.78. The molecule has 0 aliphatic carbocycles. The van der Waals surface area contributed by atoms with E-state index in [1.165, 1.54) is 28.8 Å². The first-order chi connectivity index (χ1) is 14.3. The molecule has 1 amide bonds. The van der Waals surface area contributed by atoms with Crippen molar-refractivity contribution in [2.75, 3.05) is 18.5 Å². The zero-order valence-electron chi connectivity index (χ0n) is 15.8. The van der Waals surface area contributed by atoms with Crippen LogP contribution in [0.25, 0.3) is 0 Å². The summed E-state index contributed by atoms with van der Waals surface area (Å²) in [6, 6.07) is 14.1. The van der Waals surface area contributed by atoms with E-state index in [1.54, 1.807) is 18.2 Å². The van der Waals surface area contributed by atoms with Crippen molar-refractivity contribution in [2.45, 2.75) is 9.79 Å². The van der Waals surface area contributed by atoms with E-state index in [2.05, 4.69) is 26.9 Å². The summed E-state index contributed by atoms with van der Waals surface area (Å²) in [5.74, 6) is -0.285. The summed E-state index contributed by atoms with van der Waals surface area (Å²) >= 11 is 5.85. The highest BCUT2D eigenvalue weighted by atomic mass is 79.9. The van der Waals surface area contributed by atoms with Crippen molar-refractivity contribution in [1.82, 2.24) is 4.90 Å². The lowest BCUT2D eigenvalue weighted by molar-refractivity contribution is -0.121. The molecule has 0 aromatic heterocycles. The summed E-state index contributed by atoms with van der Waals surface area (Å²) < 4.78 is 30.4. The normalized spacial score (nSPS) is 20.2. The van der Waals surface area contributed by atoms with Gasteiger partial charge in [-0.25, -0.2) is 0 Å². The lowest BCUT2D eigenvalue weighted by atomic mass is 10.3. The van der Waals surface area contributed by atoms with Gasteiger partial charge < -0.3 is 4.90 Å². The van der Waals surface area contributed by atoms with Gasteiger partial charge in [0.05, 0.1) is 15.6 Å². The number of para-hydroxylation sites is 1. The zero-order chi connectivity index (χ0) is 21.5. The SMILES string of the molecule is C=CCN1C(=O)/C(=C2\Sc3ccccc3N2C)S/C1=N\S(=O)(=O)c1ccc(Br)cc1. The van der Waals surface area contributed by atoms with Crippen LogP contribution in [-0.4, -0.2) is 38.0 Å². The van der Waals surface area contributed by atoms with Gasteiger partial charge in [-0.05, 0) is 48.2 Å². The van der Waals surface area contributed by atoms with Gasteiger partial charge >= 0.3 is 0 Å². The fraction of sp³-hybridized carbons (Fsp3) is 0.100. The molecule has 0 radical (unpaired) electrons. The molecule has 2 aliphatic rings. The van der Waals surface area contributed by atoms with Crippen LogP contribution in [0.5, 0.6) is 0 Å². The predicted molar refractivity (Wildman–Crippen MR) is 126 cm³/mol. The molecular formula is C20H16BrN3O3S3. The van der Waals surface area contributed by atoms with Crippen LogP contribution in [0.15, 0.2) is 89.8 Å². The molecule has 2 aromatic carbocycles. The lowest BCUT2D eigenvalue weighted by Crippen LogP contribution is -2.30. The van der Waals surface area contributed by atoms with Crippen LogP contribution in [0.4, 0.5) is 5.69 Å². The summed E-state index contributed by atoms with van der Waals surface area (Å²) in [4.78, 5) is 18.0. The molecule has 2 heterocycles. The molecule has 0 atom stereocenters. The van der Waals surface area contributed by atoms with Crippen molar-refractivity contribution in [2.24, 2.45) is 4.40 Å². The van der Waals surface area contributed by atoms with Gasteiger partial charge in [-0.3, -0.25) is 9.69 Å². The van der Waals surface area contributed by atoms with Gasteiger partial charge in [-0.15, -0.1) is 11.0 Å². The first kappa shape index (κ1) is 21.2. The van der Waals surface area contributed by atoms with Gasteiger partial charge in [-0.2, -0.15) is 8.42 Å². The van der Waals surface area contributed by atoms with E-state index in [9.17, 15) is 13.2 Å². The molecule has 0 N–H and O–H groups in total. The average Bonchev–Trinajstić information content (AvgIpc) is 3.20. The fourth-order valence-electron chi connectivity index (χ4n) is 2.96. The van der Waals surface area contributed by atoms with Crippen LogP contribution in [-0.2, 0) is 14.8 Å². The Hall–Kier alpha value is -2.01. The Labute approximate surface area is 191 Å². The fourth-order valence-corrected chi connectivity index (χ4v) is 6.76. The molecule has 0 saturated carbocycles. The molecule has 1 saturated heterocycles. The lowest BCUT2D eigenvalue weighted by Gasteiger charge is -2.15. The summed E-state index contributed by atoms with van der Waals surface area (Å²) in [6.45, 7) is 3.85. The minimum atomic E-state index is -3.97. The monoisotopic (exact) mass is 521 g/mol. The van der Waals surface area contributed by atoms with Crippen LogP contribution < -0.4 is 4.90 Å². The number of amidine groups is 1. The second-order valence-corrected chi connectivity index (χ2v) is 10.9. The molecule has 0 unspecified atom stereocenters. The smallest absolute Gasteiger partial charge is 0.284 e. The molecule has 1 fully saturated rings. The van der Waals surface area contributed by atoms with E-state index < -0.39 is 10.0 Å². The number of nitrogens with zero attached hydrogens (tertiary/aromatic N) is 3. The Morgan fingerprint density at radius 2 is 1.83 bits per heavy atom. The van der Waals surface area contributed by atoms with Crippen molar-refractivity contribution in [3.63, 3.8) is 0 Å². The maximum Gasteiger partial charge on any atom is 0.284 e. The summed E-state index contributed by atoms with van der Waals surface area (Å²) in [5, 5.41) is 0.877. The number of fused-ring (bicyclic) bond motifs is 1. The van der Waals surface area contributed by atoms with Gasteiger partial charge in [-0.1, -0.05) is 45.9 Å². The van der Waals surface area contributed by atoms with E-state index in [4.69, 9.17) is 0 Å². The van der Waals surface area contributed by atoms with Gasteiger partial charge in [0.2, 0.25) is 0 Å². The maximum atomic E-state index is 13.1. The molecule has 6 nitrogen and oxygen atoms in total. The number of hydrogen-bond acceptors (Lipinski definition) is 6. The highest BCUT2D eigenvalue weighted by molar-refractivity contribution is 9.10. The number of thioether (sulfide) groups is 2. The number of carbonyl (C=O) groups is 1. The second-order valence-electron chi connectivity index (χ2n) is 6.37. The Kier molecular flexibility index (Phi) is 5.84. The van der Waals surface area contributed by atoms with Crippen LogP contribution >= 0.6 is 39.5 Å². The Morgan fingerprint density at radius 3 is 2.50 bits per heavy atom. The third-order valence-corrected chi connectivity index (χ3v) is 8.77. The van der Waals surface area contributed by atoms with Crippen LogP contribution in [0.3, 0.4) is 0 Å². The Morgan fingerprint density at radius 1 is 1.13 bits per heavy atom. The molecule has 2 aliphatic heterocycles. The van der Waals surface area contributed by atoms with Gasteiger partial charge in [0.1, 0.15) is 4.91 Å². The predicted octanol–water partition coefficient (Wildman–Crippen LogP) is 4.67. The molecule has 30 heavy (non-hydrogen) atoms. The van der Waals surface area contributed by atoms with E-state index in [0.29, 0.717) is 4.91 Å². The van der Waals surface area contributed by atoms with Crippen molar-refractivity contribution in [3.8, 4) is 0 Å². The summed E-state index contributed by atoms with van der Waals surface area (Å²) in [5.41, 5.74) is 1.00. The molecule has 0 spiro atoms. The molecule has 2 aromatic rings. The first-order valence-corrected chi connectivity index (χ1v) is 12.6. The highest BCUT2D eigenvalue weighted by Gasteiger charge is 2.39. The standard InChI is InChI=1S/C20H16BrN3O3S3/c1-3-12-24-18(25)17(19-23(2)15-6-4-5-7-16(15)28-19)29-20(24)22-30(26,27)14-10-8-13(21)9-11-14/h3-11H,1,12H2,2H3/b19-17+,22-20-. The number of anilines is 1. The van der Waals surface area contributed by atoms with Crippen molar-refractivity contribution in [3.05, 3.63) is 75.6 Å². The van der Waals surface area contributed by atoms with E-state index in [0.717, 1.165) is 31.8 Å². The average molecular weight is 522 g/mol. The van der Waals surface area contributed by atoms with Crippen LogP contribution in [0.1, 0.15) is 0 Å². The third kappa shape index (κ3) is 3.84. The van der Waals surface area contributed by atoms with E-state index in [-0.39, 0.29) is 22.5 Å². The van der Waals surface area contributed by atoms with Gasteiger partial charge in [0.25, 0.3) is 15.9 Å². The number of halogens is 1. The van der Waals surface area contributed by atoms with E-state index in [1.807, 2.05) is 36.2 Å². The molecule has 10 heteroatoms. The van der Waals surface area contributed by atoms with Crippen molar-refractivity contribution < 1.29 is 13.2 Å². The van der Waals surface area contributed by atoms with Crippen molar-refractivity contribution in [1.29, 1.82) is 0 Å². The third-order valence-electron chi connectivity index (χ3n) is 4.42. The maximum absolute atomic E-state index is 13.1. The Bertz CT molecular complexity index is 1210.